The minimum Gasteiger partial charge on any atom is -0.494 e. The van der Waals surface area contributed by atoms with Gasteiger partial charge in [-0.2, -0.15) is 0 Å². The molecule has 0 saturated carbocycles. The number of rotatable bonds is 3. The van der Waals surface area contributed by atoms with Gasteiger partial charge in [-0.1, -0.05) is 38.5 Å². The van der Waals surface area contributed by atoms with E-state index in [0.717, 1.165) is 18.8 Å². The van der Waals surface area contributed by atoms with Gasteiger partial charge in [0.25, 0.3) is 0 Å². The third kappa shape index (κ3) is 6.46. The van der Waals surface area contributed by atoms with Gasteiger partial charge in [-0.25, -0.2) is 0 Å². The Bertz CT molecular complexity index is 206. The van der Waals surface area contributed by atoms with Crippen LogP contribution in [0.3, 0.4) is 0 Å². The van der Waals surface area contributed by atoms with Crippen molar-refractivity contribution in [3.8, 4) is 5.75 Å². The van der Waals surface area contributed by atoms with Crippen LogP contribution in [0.4, 0.5) is 4.70 Å². The van der Waals surface area contributed by atoms with E-state index in [9.17, 15) is 0 Å². The lowest BCUT2D eigenvalue weighted by atomic mass is 10.2. The zero-order chi connectivity index (χ0) is 10.1. The van der Waals surface area contributed by atoms with E-state index in [2.05, 4.69) is 26.0 Å². The second-order valence-corrected chi connectivity index (χ2v) is 2.66. The molecule has 14 heavy (non-hydrogen) atoms. The standard InChI is InChI=1S/C10H14O.C2H6.FH/c1-3-8-11-10-6-4-9(2)5-7-10;1-2;/h4-7H,3,8H2,1-2H3;1-2H3;1H. The lowest BCUT2D eigenvalue weighted by molar-refractivity contribution is 0.317. The fourth-order valence-corrected chi connectivity index (χ4v) is 0.854. The van der Waals surface area contributed by atoms with Crippen molar-refractivity contribution in [2.75, 3.05) is 6.61 Å². The summed E-state index contributed by atoms with van der Waals surface area (Å²) < 4.78 is 5.41. The van der Waals surface area contributed by atoms with Crippen LogP contribution in [0.2, 0.25) is 0 Å². The first-order valence-electron chi connectivity index (χ1n) is 5.02. The van der Waals surface area contributed by atoms with E-state index in [1.807, 2.05) is 26.0 Å². The quantitative estimate of drug-likeness (QED) is 0.717. The van der Waals surface area contributed by atoms with Gasteiger partial charge >= 0.3 is 0 Å². The molecule has 0 fully saturated rings. The highest BCUT2D eigenvalue weighted by atomic mass is 19.0. The first-order valence-corrected chi connectivity index (χ1v) is 5.02. The highest BCUT2D eigenvalue weighted by Gasteiger charge is 1.89. The highest BCUT2D eigenvalue weighted by molar-refractivity contribution is 5.26. The lowest BCUT2D eigenvalue weighted by Crippen LogP contribution is -1.94. The second-order valence-electron chi connectivity index (χ2n) is 2.66. The van der Waals surface area contributed by atoms with Crippen LogP contribution >= 0.6 is 0 Å². The Morgan fingerprint density at radius 3 is 2.00 bits per heavy atom. The minimum atomic E-state index is 0. The molecule has 1 aromatic carbocycles. The molecule has 0 aliphatic heterocycles. The van der Waals surface area contributed by atoms with Crippen molar-refractivity contribution >= 4 is 0 Å². The third-order valence-corrected chi connectivity index (χ3v) is 1.49. The molecule has 0 atom stereocenters. The topological polar surface area (TPSA) is 9.23 Å². The van der Waals surface area contributed by atoms with Crippen LogP contribution in [0.5, 0.6) is 5.75 Å². The molecule has 0 heterocycles. The monoisotopic (exact) mass is 200 g/mol. The molecule has 0 spiro atoms. The molecule has 82 valence electrons. The van der Waals surface area contributed by atoms with Gasteiger partial charge in [-0.15, -0.1) is 0 Å². The first-order chi connectivity index (χ1) is 6.33. The van der Waals surface area contributed by atoms with E-state index < -0.39 is 0 Å². The molecule has 1 aromatic rings. The zero-order valence-electron chi connectivity index (χ0n) is 9.54. The van der Waals surface area contributed by atoms with E-state index in [1.165, 1.54) is 5.56 Å². The number of ether oxygens (including phenoxy) is 1. The average Bonchev–Trinajstić information content (AvgIpc) is 2.20. The van der Waals surface area contributed by atoms with Gasteiger partial charge in [-0.05, 0) is 25.5 Å². The summed E-state index contributed by atoms with van der Waals surface area (Å²) in [6.07, 6.45) is 1.06. The summed E-state index contributed by atoms with van der Waals surface area (Å²) in [7, 11) is 0. The van der Waals surface area contributed by atoms with E-state index in [0.29, 0.717) is 0 Å². The third-order valence-electron chi connectivity index (χ3n) is 1.49. The molecular formula is C12H21FO. The molecular weight excluding hydrogens is 179 g/mol. The Labute approximate surface area is 86.5 Å². The van der Waals surface area contributed by atoms with Crippen molar-refractivity contribution in [1.29, 1.82) is 0 Å². The van der Waals surface area contributed by atoms with E-state index in [4.69, 9.17) is 4.74 Å². The molecule has 0 amide bonds. The van der Waals surface area contributed by atoms with Gasteiger partial charge in [0.15, 0.2) is 0 Å². The van der Waals surface area contributed by atoms with Gasteiger partial charge in [0.1, 0.15) is 5.75 Å². The Balaban J connectivity index is 0. The number of benzene rings is 1. The normalized spacial score (nSPS) is 8.00. The van der Waals surface area contributed by atoms with Gasteiger partial charge in [0.05, 0.1) is 6.61 Å². The fraction of sp³-hybridized carbons (Fsp3) is 0.500. The Hall–Kier alpha value is -1.05. The van der Waals surface area contributed by atoms with Crippen LogP contribution in [0.15, 0.2) is 24.3 Å². The predicted molar refractivity (Wildman–Crippen MR) is 60.8 cm³/mol. The smallest absolute Gasteiger partial charge is 0.119 e. The van der Waals surface area contributed by atoms with Gasteiger partial charge in [-0.3, -0.25) is 4.70 Å². The lowest BCUT2D eigenvalue weighted by Gasteiger charge is -2.03. The molecule has 0 aliphatic rings. The van der Waals surface area contributed by atoms with E-state index >= 15 is 0 Å². The van der Waals surface area contributed by atoms with Crippen LogP contribution in [-0.4, -0.2) is 6.61 Å². The van der Waals surface area contributed by atoms with Crippen LogP contribution < -0.4 is 4.74 Å². The number of halogens is 1. The van der Waals surface area contributed by atoms with Crippen molar-refractivity contribution in [3.63, 3.8) is 0 Å². The predicted octanol–water partition coefficient (Wildman–Crippen LogP) is 3.96. The van der Waals surface area contributed by atoms with Gasteiger partial charge in [0.2, 0.25) is 0 Å². The van der Waals surface area contributed by atoms with E-state index in [-0.39, 0.29) is 4.70 Å². The summed E-state index contributed by atoms with van der Waals surface area (Å²) >= 11 is 0. The molecule has 0 unspecified atom stereocenters. The Morgan fingerprint density at radius 2 is 1.57 bits per heavy atom. The average molecular weight is 200 g/mol. The largest absolute Gasteiger partial charge is 0.494 e. The number of hydrogen-bond donors (Lipinski definition) is 0. The molecule has 1 nitrogen and oxygen atoms in total. The number of aryl methyl sites for hydroxylation is 1. The van der Waals surface area contributed by atoms with Crippen molar-refractivity contribution in [2.45, 2.75) is 34.1 Å². The highest BCUT2D eigenvalue weighted by Crippen LogP contribution is 2.11. The maximum Gasteiger partial charge on any atom is 0.119 e. The summed E-state index contributed by atoms with van der Waals surface area (Å²) in [6.45, 7) is 8.99. The molecule has 0 aliphatic carbocycles. The molecule has 1 rings (SSSR count). The number of hydrogen-bond acceptors (Lipinski definition) is 1. The van der Waals surface area contributed by atoms with E-state index in [1.54, 1.807) is 0 Å². The van der Waals surface area contributed by atoms with Crippen LogP contribution in [0.1, 0.15) is 32.8 Å². The van der Waals surface area contributed by atoms with Gasteiger partial charge in [0, 0.05) is 0 Å². The molecule has 0 saturated heterocycles. The molecule has 0 aromatic heterocycles. The Kier molecular flexibility index (Phi) is 11.1. The SMILES string of the molecule is CC.CCCOc1ccc(C)cc1.F. The summed E-state index contributed by atoms with van der Waals surface area (Å²) in [5.74, 6) is 0.970. The molecule has 0 N–H and O–H groups in total. The minimum absolute atomic E-state index is 0. The van der Waals surface area contributed by atoms with Crippen molar-refractivity contribution < 1.29 is 9.44 Å². The molecule has 0 bridgehead atoms. The van der Waals surface area contributed by atoms with Crippen molar-refractivity contribution in [1.82, 2.24) is 0 Å². The second kappa shape index (κ2) is 10.0. The summed E-state index contributed by atoms with van der Waals surface area (Å²) in [5, 5.41) is 0. The van der Waals surface area contributed by atoms with Crippen LogP contribution in [0.25, 0.3) is 0 Å². The van der Waals surface area contributed by atoms with Crippen molar-refractivity contribution in [3.05, 3.63) is 29.8 Å². The van der Waals surface area contributed by atoms with Gasteiger partial charge < -0.3 is 4.74 Å². The van der Waals surface area contributed by atoms with Crippen molar-refractivity contribution in [2.24, 2.45) is 0 Å². The maximum atomic E-state index is 5.41. The summed E-state index contributed by atoms with van der Waals surface area (Å²) in [6, 6.07) is 8.13. The summed E-state index contributed by atoms with van der Waals surface area (Å²) in [4.78, 5) is 0. The molecule has 0 radical (unpaired) electrons. The maximum absolute atomic E-state index is 5.41. The van der Waals surface area contributed by atoms with Crippen LogP contribution in [-0.2, 0) is 0 Å². The fourth-order valence-electron chi connectivity index (χ4n) is 0.854. The molecule has 2 heteroatoms. The first kappa shape index (κ1) is 15.4. The Morgan fingerprint density at radius 1 is 1.07 bits per heavy atom. The van der Waals surface area contributed by atoms with Crippen LogP contribution in [0, 0.1) is 6.92 Å². The summed E-state index contributed by atoms with van der Waals surface area (Å²) in [5.41, 5.74) is 1.27. The zero-order valence-corrected chi connectivity index (χ0v) is 9.54.